The molecule has 0 radical (unpaired) electrons. The summed E-state index contributed by atoms with van der Waals surface area (Å²) in [6.07, 6.45) is 3.28. The zero-order valence-electron chi connectivity index (χ0n) is 11.0. The van der Waals surface area contributed by atoms with Gasteiger partial charge in [-0.15, -0.1) is 0 Å². The number of nitrogens with two attached hydrogens (primary N) is 1. The molecule has 4 N–H and O–H groups in total. The molecule has 19 heavy (non-hydrogen) atoms. The molecule has 1 atom stereocenters. The molecular weight excluding hydrogens is 246 g/mol. The number of nitrogens with one attached hydrogen (secondary N) is 2. The predicted octanol–water partition coefficient (Wildman–Crippen LogP) is 0.370. The van der Waals surface area contributed by atoms with Gasteiger partial charge in [-0.05, 0) is 32.3 Å². The lowest BCUT2D eigenvalue weighted by Gasteiger charge is -2.10. The molecule has 1 aliphatic heterocycles. The van der Waals surface area contributed by atoms with E-state index in [1.807, 2.05) is 0 Å². The number of hydrogen-bond acceptors (Lipinski definition) is 6. The highest BCUT2D eigenvalue weighted by Gasteiger charge is 2.16. The number of aryl methyl sites for hydroxylation is 1. The number of hydrogen-bond donors (Lipinski definition) is 3. The Kier molecular flexibility index (Phi) is 4.64. The summed E-state index contributed by atoms with van der Waals surface area (Å²) in [5, 5.41) is 2.83. The Bertz CT molecular complexity index is 446. The quantitative estimate of drug-likeness (QED) is 0.525. The average Bonchev–Trinajstić information content (AvgIpc) is 2.91. The molecule has 1 aromatic rings. The third-order valence-corrected chi connectivity index (χ3v) is 2.99. The smallest absolute Gasteiger partial charge is 0.270 e. The van der Waals surface area contributed by atoms with Crippen LogP contribution in [0.25, 0.3) is 0 Å². The summed E-state index contributed by atoms with van der Waals surface area (Å²) < 4.78 is 5.49. The van der Waals surface area contributed by atoms with E-state index in [0.29, 0.717) is 17.9 Å². The van der Waals surface area contributed by atoms with Crippen molar-refractivity contribution in [2.75, 3.05) is 18.6 Å². The van der Waals surface area contributed by atoms with Crippen LogP contribution in [0.5, 0.6) is 0 Å². The van der Waals surface area contributed by atoms with Crippen molar-refractivity contribution in [3.05, 3.63) is 17.5 Å². The molecule has 1 fully saturated rings. The molecule has 0 saturated carbocycles. The molecule has 1 saturated heterocycles. The standard InChI is InChI=1S/C12H19N5O2/c1-8-7-10(16-12(15-8)17-13)11(18)14-5-4-9-3-2-6-19-9/h7,9H,2-6,13H2,1H3,(H,14,18)(H,15,16,17). The molecule has 0 spiro atoms. The Hall–Kier alpha value is -1.73. The maximum Gasteiger partial charge on any atom is 0.270 e. The van der Waals surface area contributed by atoms with Crippen LogP contribution >= 0.6 is 0 Å². The molecule has 7 heteroatoms. The van der Waals surface area contributed by atoms with Crippen LogP contribution in [-0.4, -0.2) is 35.1 Å². The highest BCUT2D eigenvalue weighted by Crippen LogP contribution is 2.14. The van der Waals surface area contributed by atoms with E-state index in [2.05, 4.69) is 20.7 Å². The van der Waals surface area contributed by atoms with Gasteiger partial charge in [-0.25, -0.2) is 15.8 Å². The van der Waals surface area contributed by atoms with Gasteiger partial charge in [-0.1, -0.05) is 0 Å². The van der Waals surface area contributed by atoms with Crippen LogP contribution in [0, 0.1) is 6.92 Å². The first-order valence-electron chi connectivity index (χ1n) is 6.41. The number of carbonyl (C=O) groups is 1. The second-order valence-corrected chi connectivity index (χ2v) is 4.54. The van der Waals surface area contributed by atoms with Gasteiger partial charge in [0.2, 0.25) is 5.95 Å². The Morgan fingerprint density at radius 3 is 3.11 bits per heavy atom. The molecule has 0 bridgehead atoms. The van der Waals surface area contributed by atoms with E-state index in [4.69, 9.17) is 10.6 Å². The number of nitrogen functional groups attached to an aromatic ring is 1. The van der Waals surface area contributed by atoms with Gasteiger partial charge in [-0.2, -0.15) is 0 Å². The number of anilines is 1. The van der Waals surface area contributed by atoms with Crippen LogP contribution in [0.2, 0.25) is 0 Å². The number of rotatable bonds is 5. The number of ether oxygens (including phenoxy) is 1. The highest BCUT2D eigenvalue weighted by molar-refractivity contribution is 5.92. The largest absolute Gasteiger partial charge is 0.378 e. The third-order valence-electron chi connectivity index (χ3n) is 2.99. The molecule has 1 aromatic heterocycles. The zero-order valence-corrected chi connectivity index (χ0v) is 11.0. The van der Waals surface area contributed by atoms with E-state index >= 15 is 0 Å². The van der Waals surface area contributed by atoms with Gasteiger partial charge >= 0.3 is 0 Å². The lowest BCUT2D eigenvalue weighted by atomic mass is 10.2. The van der Waals surface area contributed by atoms with Gasteiger partial charge in [0.1, 0.15) is 5.69 Å². The fraction of sp³-hybridized carbons (Fsp3) is 0.583. The van der Waals surface area contributed by atoms with Crippen LogP contribution < -0.4 is 16.6 Å². The van der Waals surface area contributed by atoms with Crippen molar-refractivity contribution in [1.82, 2.24) is 15.3 Å². The number of hydrazine groups is 1. The molecule has 7 nitrogen and oxygen atoms in total. The Morgan fingerprint density at radius 1 is 1.58 bits per heavy atom. The highest BCUT2D eigenvalue weighted by atomic mass is 16.5. The normalized spacial score (nSPS) is 18.3. The third kappa shape index (κ3) is 3.87. The first-order valence-corrected chi connectivity index (χ1v) is 6.41. The SMILES string of the molecule is Cc1cc(C(=O)NCCC2CCCO2)nc(NN)n1. The van der Waals surface area contributed by atoms with E-state index in [0.717, 1.165) is 25.9 Å². The number of amides is 1. The molecule has 2 heterocycles. The number of aromatic nitrogens is 2. The van der Waals surface area contributed by atoms with E-state index < -0.39 is 0 Å². The van der Waals surface area contributed by atoms with Crippen molar-refractivity contribution < 1.29 is 9.53 Å². The summed E-state index contributed by atoms with van der Waals surface area (Å²) in [7, 11) is 0. The summed E-state index contributed by atoms with van der Waals surface area (Å²) in [6.45, 7) is 3.19. The maximum absolute atomic E-state index is 11.9. The fourth-order valence-electron chi connectivity index (χ4n) is 2.06. The maximum atomic E-state index is 11.9. The monoisotopic (exact) mass is 265 g/mol. The summed E-state index contributed by atoms with van der Waals surface area (Å²) in [5.41, 5.74) is 3.34. The van der Waals surface area contributed by atoms with Gasteiger partial charge < -0.3 is 10.1 Å². The van der Waals surface area contributed by atoms with Gasteiger partial charge in [-0.3, -0.25) is 10.2 Å². The Balaban J connectivity index is 1.86. The molecule has 0 aliphatic carbocycles. The van der Waals surface area contributed by atoms with Crippen molar-refractivity contribution in [1.29, 1.82) is 0 Å². The van der Waals surface area contributed by atoms with Crippen molar-refractivity contribution >= 4 is 11.9 Å². The minimum atomic E-state index is -0.222. The minimum Gasteiger partial charge on any atom is -0.378 e. The van der Waals surface area contributed by atoms with E-state index in [-0.39, 0.29) is 18.0 Å². The Labute approximate surface area is 111 Å². The van der Waals surface area contributed by atoms with Gasteiger partial charge in [0.15, 0.2) is 0 Å². The van der Waals surface area contributed by atoms with Crippen molar-refractivity contribution in [3.8, 4) is 0 Å². The van der Waals surface area contributed by atoms with Crippen LogP contribution in [0.15, 0.2) is 6.07 Å². The van der Waals surface area contributed by atoms with Gasteiger partial charge in [0.05, 0.1) is 6.10 Å². The van der Waals surface area contributed by atoms with Crippen molar-refractivity contribution in [3.63, 3.8) is 0 Å². The summed E-state index contributed by atoms with van der Waals surface area (Å²) >= 11 is 0. The molecular formula is C12H19N5O2. The fourth-order valence-corrected chi connectivity index (χ4v) is 2.06. The average molecular weight is 265 g/mol. The summed E-state index contributed by atoms with van der Waals surface area (Å²) in [6, 6.07) is 1.63. The molecule has 104 valence electrons. The van der Waals surface area contributed by atoms with Gasteiger partial charge in [0.25, 0.3) is 5.91 Å². The van der Waals surface area contributed by atoms with Crippen LogP contribution in [0.3, 0.4) is 0 Å². The first-order chi connectivity index (χ1) is 9.19. The van der Waals surface area contributed by atoms with Crippen LogP contribution in [-0.2, 0) is 4.74 Å². The minimum absolute atomic E-state index is 0.222. The molecule has 1 unspecified atom stereocenters. The predicted molar refractivity (Wildman–Crippen MR) is 70.5 cm³/mol. The lowest BCUT2D eigenvalue weighted by molar-refractivity contribution is 0.0903. The molecule has 1 aliphatic rings. The summed E-state index contributed by atoms with van der Waals surface area (Å²) in [5.74, 6) is 5.27. The molecule has 1 amide bonds. The Morgan fingerprint density at radius 2 is 2.42 bits per heavy atom. The first kappa shape index (κ1) is 13.7. The topological polar surface area (TPSA) is 102 Å². The lowest BCUT2D eigenvalue weighted by Crippen LogP contribution is -2.28. The number of carbonyl (C=O) groups excluding carboxylic acids is 1. The second kappa shape index (κ2) is 6.44. The molecule has 0 aromatic carbocycles. The summed E-state index contributed by atoms with van der Waals surface area (Å²) in [4.78, 5) is 20.0. The van der Waals surface area contributed by atoms with Crippen LogP contribution in [0.1, 0.15) is 35.4 Å². The van der Waals surface area contributed by atoms with Gasteiger partial charge in [0, 0.05) is 18.8 Å². The van der Waals surface area contributed by atoms with E-state index in [1.54, 1.807) is 13.0 Å². The zero-order chi connectivity index (χ0) is 13.7. The second-order valence-electron chi connectivity index (χ2n) is 4.54. The molecule has 2 rings (SSSR count). The van der Waals surface area contributed by atoms with Crippen LogP contribution in [0.4, 0.5) is 5.95 Å². The van der Waals surface area contributed by atoms with E-state index in [1.165, 1.54) is 0 Å². The van der Waals surface area contributed by atoms with E-state index in [9.17, 15) is 4.79 Å². The van der Waals surface area contributed by atoms with Crippen molar-refractivity contribution in [2.24, 2.45) is 5.84 Å². The number of nitrogens with zero attached hydrogens (tertiary/aromatic N) is 2. The van der Waals surface area contributed by atoms with Crippen molar-refractivity contribution in [2.45, 2.75) is 32.3 Å².